The van der Waals surface area contributed by atoms with Gasteiger partial charge in [-0.1, -0.05) is 0 Å². The van der Waals surface area contributed by atoms with Crippen LogP contribution in [0.15, 0.2) is 11.8 Å². The minimum atomic E-state index is -5.65. The fraction of sp³-hybridized carbons (Fsp3) is 0.625. The smallest absolute Gasteiger partial charge is 0.481 e. The molecule has 0 bridgehead atoms. The summed E-state index contributed by atoms with van der Waals surface area (Å²) in [6, 6.07) is 0. The minimum absolute atomic E-state index is 0.0436. The van der Waals surface area contributed by atoms with Gasteiger partial charge < -0.3 is 9.29 Å². The van der Waals surface area contributed by atoms with Crippen molar-refractivity contribution in [3.05, 3.63) is 11.8 Å². The fourth-order valence-electron chi connectivity index (χ4n) is 1.30. The highest BCUT2D eigenvalue weighted by Gasteiger charge is 2.49. The van der Waals surface area contributed by atoms with Crippen LogP contribution in [0.2, 0.25) is 0 Å². The molecule has 17 heavy (non-hydrogen) atoms. The number of rotatable bonds is 3. The van der Waals surface area contributed by atoms with Gasteiger partial charge in [-0.25, -0.2) is 0 Å². The Kier molecular flexibility index (Phi) is 3.70. The van der Waals surface area contributed by atoms with E-state index in [-0.39, 0.29) is 25.0 Å². The molecule has 0 amide bonds. The first-order chi connectivity index (χ1) is 7.63. The summed E-state index contributed by atoms with van der Waals surface area (Å²) in [5.41, 5.74) is -5.47. The lowest BCUT2D eigenvalue weighted by molar-refractivity contribution is -0.142. The molecule has 1 aliphatic rings. The third kappa shape index (κ3) is 3.35. The Bertz CT molecular complexity index is 437. The average molecular weight is 274 g/mol. The number of allylic oxidation sites excluding steroid dienone is 2. The van der Waals surface area contributed by atoms with E-state index in [2.05, 4.69) is 4.18 Å². The van der Waals surface area contributed by atoms with Gasteiger partial charge >= 0.3 is 21.6 Å². The van der Waals surface area contributed by atoms with Crippen LogP contribution in [-0.4, -0.2) is 25.0 Å². The van der Waals surface area contributed by atoms with Crippen molar-refractivity contribution < 1.29 is 35.7 Å². The number of carboxylic acids is 1. The molecular formula is C8H9F3O5S. The molecule has 1 aliphatic carbocycles. The lowest BCUT2D eigenvalue weighted by Crippen LogP contribution is -2.26. The molecule has 0 spiro atoms. The molecule has 5 nitrogen and oxygen atoms in total. The zero-order valence-electron chi connectivity index (χ0n) is 8.40. The Morgan fingerprint density at radius 1 is 1.47 bits per heavy atom. The topological polar surface area (TPSA) is 80.7 Å². The second-order valence-electron chi connectivity index (χ2n) is 3.46. The summed E-state index contributed by atoms with van der Waals surface area (Å²) in [6.07, 6.45) is 0.921. The molecule has 0 saturated heterocycles. The van der Waals surface area contributed by atoms with Crippen molar-refractivity contribution in [1.82, 2.24) is 0 Å². The van der Waals surface area contributed by atoms with Gasteiger partial charge in [0.25, 0.3) is 0 Å². The van der Waals surface area contributed by atoms with Crippen molar-refractivity contribution in [2.45, 2.75) is 24.8 Å². The molecule has 9 heteroatoms. The quantitative estimate of drug-likeness (QED) is 0.624. The van der Waals surface area contributed by atoms with E-state index in [1.54, 1.807) is 0 Å². The van der Waals surface area contributed by atoms with Crippen LogP contribution in [0, 0.1) is 5.92 Å². The summed E-state index contributed by atoms with van der Waals surface area (Å²) in [6.45, 7) is 0. The van der Waals surface area contributed by atoms with E-state index < -0.39 is 27.5 Å². The third-order valence-corrected chi connectivity index (χ3v) is 3.22. The highest BCUT2D eigenvalue weighted by molar-refractivity contribution is 7.87. The number of alkyl halides is 3. The summed E-state index contributed by atoms with van der Waals surface area (Å²) in [7, 11) is -5.65. The highest BCUT2D eigenvalue weighted by atomic mass is 32.2. The number of aliphatic carboxylic acids is 1. The minimum Gasteiger partial charge on any atom is -0.481 e. The Morgan fingerprint density at radius 3 is 2.41 bits per heavy atom. The van der Waals surface area contributed by atoms with Crippen molar-refractivity contribution in [2.24, 2.45) is 5.92 Å². The summed E-state index contributed by atoms with van der Waals surface area (Å²) in [5.74, 6) is -2.14. The Morgan fingerprint density at radius 2 is 2.06 bits per heavy atom. The molecule has 0 fully saturated rings. The summed E-state index contributed by atoms with van der Waals surface area (Å²) < 4.78 is 61.0. The SMILES string of the molecule is O=C(O)[C@@H]1CC=C(OS(=O)(=O)C(F)(F)F)CC1. The zero-order chi connectivity index (χ0) is 13.3. The van der Waals surface area contributed by atoms with Gasteiger partial charge in [0.05, 0.1) is 5.92 Å². The summed E-state index contributed by atoms with van der Waals surface area (Å²) in [5, 5.41) is 8.62. The monoisotopic (exact) mass is 274 g/mol. The van der Waals surface area contributed by atoms with Gasteiger partial charge in [-0.15, -0.1) is 0 Å². The van der Waals surface area contributed by atoms with Gasteiger partial charge in [-0.05, 0) is 18.9 Å². The van der Waals surface area contributed by atoms with Crippen LogP contribution in [0.3, 0.4) is 0 Å². The average Bonchev–Trinajstić information content (AvgIpc) is 2.16. The predicted molar refractivity (Wildman–Crippen MR) is 49.1 cm³/mol. The molecule has 1 rings (SSSR count). The van der Waals surface area contributed by atoms with E-state index in [4.69, 9.17) is 5.11 Å². The molecule has 0 aliphatic heterocycles. The van der Waals surface area contributed by atoms with Crippen LogP contribution in [0.5, 0.6) is 0 Å². The van der Waals surface area contributed by atoms with Crippen molar-refractivity contribution in [3.63, 3.8) is 0 Å². The maximum absolute atomic E-state index is 12.0. The maximum atomic E-state index is 12.0. The molecule has 1 N–H and O–H groups in total. The molecule has 0 heterocycles. The van der Waals surface area contributed by atoms with Gasteiger partial charge in [0.2, 0.25) is 0 Å². The number of halogens is 3. The number of hydrogen-bond acceptors (Lipinski definition) is 4. The fourth-order valence-corrected chi connectivity index (χ4v) is 1.83. The van der Waals surface area contributed by atoms with Crippen LogP contribution in [-0.2, 0) is 19.1 Å². The van der Waals surface area contributed by atoms with Gasteiger partial charge in [0.1, 0.15) is 5.76 Å². The van der Waals surface area contributed by atoms with Crippen molar-refractivity contribution >= 4 is 16.1 Å². The van der Waals surface area contributed by atoms with Crippen molar-refractivity contribution in [1.29, 1.82) is 0 Å². The van der Waals surface area contributed by atoms with Gasteiger partial charge in [0, 0.05) is 6.42 Å². The Labute approximate surface area is 95.0 Å². The summed E-state index contributed by atoms with van der Waals surface area (Å²) >= 11 is 0. The summed E-state index contributed by atoms with van der Waals surface area (Å²) in [4.78, 5) is 10.5. The second-order valence-corrected chi connectivity index (χ2v) is 5.00. The van der Waals surface area contributed by atoms with Crippen molar-refractivity contribution in [3.8, 4) is 0 Å². The molecule has 0 radical (unpaired) electrons. The Hall–Kier alpha value is -1.25. The van der Waals surface area contributed by atoms with E-state index in [0.29, 0.717) is 0 Å². The van der Waals surface area contributed by atoms with Crippen LogP contribution in [0.4, 0.5) is 13.2 Å². The molecule has 0 aromatic rings. The number of carboxylic acid groups (broad SMARTS) is 1. The molecule has 0 unspecified atom stereocenters. The molecular weight excluding hydrogens is 265 g/mol. The first-order valence-corrected chi connectivity index (χ1v) is 5.97. The van der Waals surface area contributed by atoms with Crippen LogP contribution >= 0.6 is 0 Å². The van der Waals surface area contributed by atoms with E-state index >= 15 is 0 Å². The third-order valence-electron chi connectivity index (χ3n) is 2.22. The Balaban J connectivity index is 2.71. The van der Waals surface area contributed by atoms with E-state index in [1.165, 1.54) is 0 Å². The van der Waals surface area contributed by atoms with Crippen LogP contribution < -0.4 is 0 Å². The van der Waals surface area contributed by atoms with Gasteiger partial charge in [-0.2, -0.15) is 21.6 Å². The number of hydrogen-bond donors (Lipinski definition) is 1. The van der Waals surface area contributed by atoms with Crippen LogP contribution in [0.1, 0.15) is 19.3 Å². The molecule has 0 aromatic heterocycles. The zero-order valence-corrected chi connectivity index (χ0v) is 9.21. The molecule has 0 saturated carbocycles. The van der Waals surface area contributed by atoms with E-state index in [1.807, 2.05) is 0 Å². The largest absolute Gasteiger partial charge is 0.534 e. The predicted octanol–water partition coefficient (Wildman–Crippen LogP) is 1.62. The van der Waals surface area contributed by atoms with Crippen molar-refractivity contribution in [2.75, 3.05) is 0 Å². The van der Waals surface area contributed by atoms with Gasteiger partial charge in [-0.3, -0.25) is 4.79 Å². The second kappa shape index (κ2) is 4.55. The molecule has 98 valence electrons. The standard InChI is InChI=1S/C8H9F3O5S/c9-8(10,11)17(14,15)16-6-3-1-5(2-4-6)7(12)13/h3,5H,1-2,4H2,(H,12,13)/t5-/m1/s1. The highest BCUT2D eigenvalue weighted by Crippen LogP contribution is 2.31. The number of carbonyl (C=O) groups is 1. The first kappa shape index (κ1) is 13.8. The maximum Gasteiger partial charge on any atom is 0.534 e. The lowest BCUT2D eigenvalue weighted by Gasteiger charge is -2.19. The van der Waals surface area contributed by atoms with Gasteiger partial charge in [0.15, 0.2) is 0 Å². The molecule has 1 atom stereocenters. The van der Waals surface area contributed by atoms with E-state index in [9.17, 15) is 26.4 Å². The molecule has 0 aromatic carbocycles. The normalized spacial score (nSPS) is 21.8. The van der Waals surface area contributed by atoms with Crippen LogP contribution in [0.25, 0.3) is 0 Å². The first-order valence-electron chi connectivity index (χ1n) is 4.56. The lowest BCUT2D eigenvalue weighted by atomic mass is 9.94. The van der Waals surface area contributed by atoms with E-state index in [0.717, 1.165) is 6.08 Å².